The molecule has 5 N–H and O–H groups in total. The van der Waals surface area contributed by atoms with Gasteiger partial charge in [-0.2, -0.15) is 0 Å². The fraction of sp³-hybridized carbons (Fsp3) is 0.800. The molecule has 0 bridgehead atoms. The van der Waals surface area contributed by atoms with Gasteiger partial charge < -0.3 is 16.8 Å². The molecule has 0 aromatic rings. The highest BCUT2D eigenvalue weighted by Gasteiger charge is 2.26. The third kappa shape index (κ3) is 4.37. The molecule has 2 amide bonds. The first kappa shape index (κ1) is 15.2. The van der Waals surface area contributed by atoms with Crippen molar-refractivity contribution in [3.8, 4) is 0 Å². The lowest BCUT2D eigenvalue weighted by atomic mass is 10.00. The van der Waals surface area contributed by atoms with Crippen molar-refractivity contribution in [3.05, 3.63) is 0 Å². The van der Waals surface area contributed by atoms with Crippen LogP contribution >= 0.6 is 12.4 Å². The number of rotatable bonds is 4. The lowest BCUT2D eigenvalue weighted by Gasteiger charge is -2.16. The van der Waals surface area contributed by atoms with E-state index in [0.717, 1.165) is 19.3 Å². The molecule has 0 aromatic carbocycles. The molecule has 1 rings (SSSR count). The van der Waals surface area contributed by atoms with E-state index in [1.165, 1.54) is 0 Å². The minimum atomic E-state index is -0.602. The largest absolute Gasteiger partial charge is 0.368 e. The number of nitrogens with one attached hydrogen (secondary N) is 1. The van der Waals surface area contributed by atoms with Gasteiger partial charge in [0.15, 0.2) is 0 Å². The van der Waals surface area contributed by atoms with E-state index in [-0.39, 0.29) is 30.3 Å². The van der Waals surface area contributed by atoms with Crippen LogP contribution in [-0.2, 0) is 9.59 Å². The van der Waals surface area contributed by atoms with Gasteiger partial charge in [0.2, 0.25) is 11.8 Å². The van der Waals surface area contributed by atoms with Gasteiger partial charge in [0.25, 0.3) is 0 Å². The Morgan fingerprint density at radius 1 is 1.44 bits per heavy atom. The minimum Gasteiger partial charge on any atom is -0.368 e. The summed E-state index contributed by atoms with van der Waals surface area (Å²) in [6, 6.07) is -0.477. The molecule has 0 aromatic heterocycles. The van der Waals surface area contributed by atoms with Crippen molar-refractivity contribution >= 4 is 24.2 Å². The number of nitrogens with two attached hydrogens (primary N) is 2. The zero-order valence-corrected chi connectivity index (χ0v) is 10.3. The monoisotopic (exact) mass is 249 g/mol. The van der Waals surface area contributed by atoms with Crippen LogP contribution in [0.25, 0.3) is 0 Å². The molecule has 0 heterocycles. The number of amides is 2. The van der Waals surface area contributed by atoms with Crippen molar-refractivity contribution in [2.45, 2.75) is 44.7 Å². The minimum absolute atomic E-state index is 0. The second-order valence-electron chi connectivity index (χ2n) is 4.25. The number of hydrogen-bond donors (Lipinski definition) is 3. The van der Waals surface area contributed by atoms with Gasteiger partial charge in [-0.3, -0.25) is 9.59 Å². The maximum Gasteiger partial charge on any atom is 0.239 e. The zero-order chi connectivity index (χ0) is 11.4. The van der Waals surface area contributed by atoms with Crippen LogP contribution in [0.15, 0.2) is 0 Å². The summed E-state index contributed by atoms with van der Waals surface area (Å²) >= 11 is 0. The van der Waals surface area contributed by atoms with Gasteiger partial charge in [-0.25, -0.2) is 0 Å². The van der Waals surface area contributed by atoms with Gasteiger partial charge in [0, 0.05) is 12.5 Å². The van der Waals surface area contributed by atoms with E-state index in [2.05, 4.69) is 5.32 Å². The molecule has 1 saturated carbocycles. The van der Waals surface area contributed by atoms with Crippen molar-refractivity contribution in [1.82, 2.24) is 5.32 Å². The second kappa shape index (κ2) is 6.70. The molecule has 0 spiro atoms. The summed E-state index contributed by atoms with van der Waals surface area (Å²) in [5.41, 5.74) is 10.9. The van der Waals surface area contributed by atoms with Crippen LogP contribution in [-0.4, -0.2) is 23.9 Å². The van der Waals surface area contributed by atoms with Gasteiger partial charge in [0.1, 0.15) is 6.04 Å². The SMILES string of the molecule is C[C@H](NC(=O)C[C@@H]1CCC[C@H]1N)C(N)=O.Cl. The molecule has 0 unspecified atom stereocenters. The smallest absolute Gasteiger partial charge is 0.239 e. The van der Waals surface area contributed by atoms with Gasteiger partial charge in [-0.05, 0) is 25.7 Å². The van der Waals surface area contributed by atoms with Gasteiger partial charge >= 0.3 is 0 Å². The summed E-state index contributed by atoms with van der Waals surface area (Å²) in [5.74, 6) is -0.396. The zero-order valence-electron chi connectivity index (χ0n) is 9.44. The van der Waals surface area contributed by atoms with Gasteiger partial charge in [-0.15, -0.1) is 12.4 Å². The van der Waals surface area contributed by atoms with E-state index in [9.17, 15) is 9.59 Å². The van der Waals surface area contributed by atoms with Gasteiger partial charge in [-0.1, -0.05) is 6.42 Å². The lowest BCUT2D eigenvalue weighted by molar-refractivity contribution is -0.127. The van der Waals surface area contributed by atoms with E-state index in [1.807, 2.05) is 0 Å². The Bertz CT molecular complexity index is 260. The van der Waals surface area contributed by atoms with Crippen molar-refractivity contribution in [2.75, 3.05) is 0 Å². The van der Waals surface area contributed by atoms with E-state index in [4.69, 9.17) is 11.5 Å². The van der Waals surface area contributed by atoms with E-state index >= 15 is 0 Å². The Morgan fingerprint density at radius 2 is 2.06 bits per heavy atom. The summed E-state index contributed by atoms with van der Waals surface area (Å²) < 4.78 is 0. The normalized spacial score (nSPS) is 25.6. The highest BCUT2D eigenvalue weighted by atomic mass is 35.5. The van der Waals surface area contributed by atoms with E-state index < -0.39 is 11.9 Å². The summed E-state index contributed by atoms with van der Waals surface area (Å²) in [5, 5.41) is 2.56. The predicted molar refractivity (Wildman–Crippen MR) is 64.0 cm³/mol. The molecule has 0 aliphatic heterocycles. The van der Waals surface area contributed by atoms with Crippen molar-refractivity contribution < 1.29 is 9.59 Å². The second-order valence-corrected chi connectivity index (χ2v) is 4.25. The molecule has 5 nitrogen and oxygen atoms in total. The Balaban J connectivity index is 0.00000225. The summed E-state index contributed by atoms with van der Waals surface area (Å²) in [6.45, 7) is 1.58. The average molecular weight is 250 g/mol. The van der Waals surface area contributed by atoms with Crippen LogP contribution < -0.4 is 16.8 Å². The van der Waals surface area contributed by atoms with Crippen LogP contribution in [0.4, 0.5) is 0 Å². The van der Waals surface area contributed by atoms with Crippen molar-refractivity contribution in [1.29, 1.82) is 0 Å². The number of halogens is 1. The third-order valence-electron chi connectivity index (χ3n) is 2.97. The number of carbonyl (C=O) groups is 2. The number of carbonyl (C=O) groups excluding carboxylic acids is 2. The Kier molecular flexibility index (Phi) is 6.36. The fourth-order valence-corrected chi connectivity index (χ4v) is 1.93. The molecular formula is C10H20ClN3O2. The quantitative estimate of drug-likeness (QED) is 0.650. The molecule has 0 radical (unpaired) electrons. The highest BCUT2D eigenvalue weighted by Crippen LogP contribution is 2.26. The van der Waals surface area contributed by atoms with E-state index in [0.29, 0.717) is 6.42 Å². The van der Waals surface area contributed by atoms with Crippen LogP contribution in [0.3, 0.4) is 0 Å². The molecule has 1 fully saturated rings. The Hall–Kier alpha value is -0.810. The first-order chi connectivity index (χ1) is 7.00. The fourth-order valence-electron chi connectivity index (χ4n) is 1.93. The number of hydrogen-bond acceptors (Lipinski definition) is 3. The third-order valence-corrected chi connectivity index (χ3v) is 2.97. The topological polar surface area (TPSA) is 98.2 Å². The average Bonchev–Trinajstić information content (AvgIpc) is 2.51. The highest BCUT2D eigenvalue weighted by molar-refractivity contribution is 5.86. The van der Waals surface area contributed by atoms with Crippen LogP contribution in [0.5, 0.6) is 0 Å². The summed E-state index contributed by atoms with van der Waals surface area (Å²) in [7, 11) is 0. The molecule has 1 aliphatic rings. The Labute approximate surface area is 102 Å². The van der Waals surface area contributed by atoms with Crippen LogP contribution in [0, 0.1) is 5.92 Å². The lowest BCUT2D eigenvalue weighted by Crippen LogP contribution is -2.43. The van der Waals surface area contributed by atoms with Crippen LogP contribution in [0.1, 0.15) is 32.6 Å². The molecule has 94 valence electrons. The molecular weight excluding hydrogens is 230 g/mol. The molecule has 0 saturated heterocycles. The van der Waals surface area contributed by atoms with Gasteiger partial charge in [0.05, 0.1) is 0 Å². The standard InChI is InChI=1S/C10H19N3O2.ClH/c1-6(10(12)15)13-9(14)5-7-3-2-4-8(7)11;/h6-8H,2-5,11H2,1H3,(H2,12,15)(H,13,14);1H/t6-,7-,8+;/m0./s1. The van der Waals surface area contributed by atoms with Crippen molar-refractivity contribution in [2.24, 2.45) is 17.4 Å². The van der Waals surface area contributed by atoms with E-state index in [1.54, 1.807) is 6.92 Å². The molecule has 16 heavy (non-hydrogen) atoms. The molecule has 6 heteroatoms. The first-order valence-corrected chi connectivity index (χ1v) is 5.35. The molecule has 1 aliphatic carbocycles. The first-order valence-electron chi connectivity index (χ1n) is 5.35. The maximum atomic E-state index is 11.5. The predicted octanol–water partition coefficient (Wildman–Crippen LogP) is -0.0843. The molecule has 3 atom stereocenters. The van der Waals surface area contributed by atoms with Crippen LogP contribution in [0.2, 0.25) is 0 Å². The Morgan fingerprint density at radius 3 is 2.50 bits per heavy atom. The summed E-state index contributed by atoms with van der Waals surface area (Å²) in [4.78, 5) is 22.2. The maximum absolute atomic E-state index is 11.5. The summed E-state index contributed by atoms with van der Waals surface area (Å²) in [6.07, 6.45) is 3.48. The van der Waals surface area contributed by atoms with Crippen molar-refractivity contribution in [3.63, 3.8) is 0 Å². The number of primary amides is 1.